The Bertz CT molecular complexity index is 931. The third kappa shape index (κ3) is 11.5. The molecule has 3 atom stereocenters. The van der Waals surface area contributed by atoms with Crippen LogP contribution in [0.25, 0.3) is 0 Å². The number of methoxy groups -OCH3 is 2. The van der Waals surface area contributed by atoms with E-state index in [-0.39, 0.29) is 42.4 Å². The Morgan fingerprint density at radius 3 is 2.21 bits per heavy atom. The van der Waals surface area contributed by atoms with E-state index in [0.29, 0.717) is 31.1 Å². The van der Waals surface area contributed by atoms with Crippen LogP contribution in [-0.2, 0) is 25.5 Å². The van der Waals surface area contributed by atoms with Gasteiger partial charge in [-0.15, -0.1) is 0 Å². The molecule has 0 saturated heterocycles. The number of amides is 2. The normalized spacial score (nSPS) is 14.1. The second-order valence-electron chi connectivity index (χ2n) is 11.7. The Hall–Kier alpha value is -2.65. The number of carbonyl (C=O) groups excluding carboxylic acids is 3. The first-order chi connectivity index (χ1) is 18.2. The number of nitrogens with one attached hydrogen (secondary N) is 1. The molecule has 0 bridgehead atoms. The molecule has 0 aliphatic heterocycles. The van der Waals surface area contributed by atoms with Gasteiger partial charge in [-0.05, 0) is 62.1 Å². The first-order valence-corrected chi connectivity index (χ1v) is 13.9. The molecule has 0 spiro atoms. The van der Waals surface area contributed by atoms with Crippen molar-refractivity contribution in [2.45, 2.75) is 73.3 Å². The molecule has 222 valence electrons. The van der Waals surface area contributed by atoms with Gasteiger partial charge in [-0.25, -0.2) is 0 Å². The van der Waals surface area contributed by atoms with Gasteiger partial charge in [0.1, 0.15) is 5.78 Å². The third-order valence-corrected chi connectivity index (χ3v) is 7.32. The molecule has 1 unspecified atom stereocenters. The Morgan fingerprint density at radius 1 is 1.00 bits per heavy atom. The molecule has 0 saturated carbocycles. The summed E-state index contributed by atoms with van der Waals surface area (Å²) in [5.41, 5.74) is 12.0. The molecule has 1 aromatic rings. The van der Waals surface area contributed by atoms with Crippen LogP contribution in [0.3, 0.4) is 0 Å². The largest absolute Gasteiger partial charge is 0.493 e. The van der Waals surface area contributed by atoms with Gasteiger partial charge < -0.3 is 31.0 Å². The average Bonchev–Trinajstić information content (AvgIpc) is 2.87. The fourth-order valence-electron chi connectivity index (χ4n) is 4.22. The lowest BCUT2D eigenvalue weighted by atomic mass is 9.81. The van der Waals surface area contributed by atoms with Crippen LogP contribution in [0, 0.1) is 29.1 Å². The molecule has 0 heterocycles. The highest BCUT2D eigenvalue weighted by Gasteiger charge is 2.31. The molecule has 1 rings (SSSR count). The molecule has 5 N–H and O–H groups in total. The van der Waals surface area contributed by atoms with Crippen molar-refractivity contribution in [1.82, 2.24) is 5.32 Å². The van der Waals surface area contributed by atoms with Gasteiger partial charge in [0.25, 0.3) is 0 Å². The number of hydrogen-bond donors (Lipinski definition) is 3. The van der Waals surface area contributed by atoms with E-state index < -0.39 is 23.3 Å². The van der Waals surface area contributed by atoms with Crippen molar-refractivity contribution in [3.8, 4) is 11.5 Å². The second kappa shape index (κ2) is 16.5. The number of hydrogen-bond acceptors (Lipinski definition) is 7. The molecule has 0 fully saturated rings. The highest BCUT2D eigenvalue weighted by atomic mass is 16.5. The second-order valence-corrected chi connectivity index (χ2v) is 11.7. The quantitative estimate of drug-likeness (QED) is 0.224. The summed E-state index contributed by atoms with van der Waals surface area (Å²) in [5, 5.41) is 2.80. The molecule has 0 aliphatic rings. The Balaban J connectivity index is 2.88. The van der Waals surface area contributed by atoms with Gasteiger partial charge in [-0.3, -0.25) is 14.4 Å². The van der Waals surface area contributed by atoms with Crippen LogP contribution in [0.1, 0.15) is 66.4 Å². The zero-order valence-corrected chi connectivity index (χ0v) is 25.2. The summed E-state index contributed by atoms with van der Waals surface area (Å²) in [6, 6.07) is 5.21. The van der Waals surface area contributed by atoms with Gasteiger partial charge in [-0.1, -0.05) is 33.8 Å². The fourth-order valence-corrected chi connectivity index (χ4v) is 4.22. The zero-order chi connectivity index (χ0) is 29.8. The minimum absolute atomic E-state index is 0.0501. The van der Waals surface area contributed by atoms with Crippen LogP contribution in [-0.4, -0.2) is 57.6 Å². The summed E-state index contributed by atoms with van der Waals surface area (Å²) in [4.78, 5) is 37.7. The fraction of sp³-hybridized carbons (Fsp3) is 0.700. The maximum Gasteiger partial charge on any atom is 0.224 e. The van der Waals surface area contributed by atoms with Crippen molar-refractivity contribution in [2.75, 3.05) is 34.0 Å². The summed E-state index contributed by atoms with van der Waals surface area (Å²) < 4.78 is 16.5. The number of ketones is 1. The van der Waals surface area contributed by atoms with Crippen molar-refractivity contribution in [3.05, 3.63) is 23.8 Å². The van der Waals surface area contributed by atoms with Crippen LogP contribution in [0.5, 0.6) is 11.5 Å². The third-order valence-electron chi connectivity index (χ3n) is 7.32. The van der Waals surface area contributed by atoms with Crippen molar-refractivity contribution < 1.29 is 28.6 Å². The molecular weight excluding hydrogens is 498 g/mol. The van der Waals surface area contributed by atoms with Gasteiger partial charge in [0.15, 0.2) is 11.5 Å². The maximum absolute atomic E-state index is 13.2. The van der Waals surface area contributed by atoms with E-state index in [2.05, 4.69) is 19.2 Å². The number of Topliss-reactive ketones (excluding diaryl/α,β-unsaturated/α-hetero) is 1. The molecule has 9 heteroatoms. The maximum atomic E-state index is 13.2. The monoisotopic (exact) mass is 549 g/mol. The molecule has 1 aromatic carbocycles. The lowest BCUT2D eigenvalue weighted by Crippen LogP contribution is -2.46. The number of rotatable bonds is 19. The molecular formula is C30H51N3O6. The number of ether oxygens (including phenoxy) is 3. The van der Waals surface area contributed by atoms with Gasteiger partial charge >= 0.3 is 0 Å². The van der Waals surface area contributed by atoms with Gasteiger partial charge in [0, 0.05) is 39.0 Å². The van der Waals surface area contributed by atoms with Crippen LogP contribution in [0.2, 0.25) is 0 Å². The van der Waals surface area contributed by atoms with E-state index >= 15 is 0 Å². The molecule has 0 aliphatic carbocycles. The first kappa shape index (κ1) is 34.4. The summed E-state index contributed by atoms with van der Waals surface area (Å²) in [6.07, 6.45) is 2.06. The molecule has 39 heavy (non-hydrogen) atoms. The predicted octanol–water partition coefficient (Wildman–Crippen LogP) is 3.50. The summed E-state index contributed by atoms with van der Waals surface area (Å²) in [7, 11) is 3.27. The number of carbonyl (C=O) groups is 3. The van der Waals surface area contributed by atoms with Crippen molar-refractivity contribution in [1.29, 1.82) is 0 Å². The van der Waals surface area contributed by atoms with E-state index in [9.17, 15) is 14.4 Å². The van der Waals surface area contributed by atoms with Crippen LogP contribution < -0.4 is 26.3 Å². The van der Waals surface area contributed by atoms with E-state index in [1.165, 1.54) is 0 Å². The van der Waals surface area contributed by atoms with Gasteiger partial charge in [0.2, 0.25) is 11.8 Å². The number of primary amides is 1. The Morgan fingerprint density at radius 2 is 1.67 bits per heavy atom. The molecule has 2 amide bonds. The number of benzene rings is 1. The van der Waals surface area contributed by atoms with Gasteiger partial charge in [0.05, 0.1) is 25.2 Å². The highest BCUT2D eigenvalue weighted by Crippen LogP contribution is 2.31. The minimum Gasteiger partial charge on any atom is -0.493 e. The number of nitrogens with two attached hydrogens (primary N) is 2. The standard InChI is InChI=1S/C30H51N3O6/c1-19(2)22(14-21-10-11-26(38-8)27(15-21)39-13-9-12-37-7)16-24(31)25(34)17-23(20(3)4)28(35)33-18-30(5,6)29(32)36/h10-11,15,19-20,22-24H,9,12-14,16-18,31H2,1-8H3,(H2,32,36)(H,33,35)/t22?,23-,24-/m0/s1. The summed E-state index contributed by atoms with van der Waals surface area (Å²) in [6.45, 7) is 12.6. The topological polar surface area (TPSA) is 143 Å². The van der Waals surface area contributed by atoms with Gasteiger partial charge in [-0.2, -0.15) is 0 Å². The van der Waals surface area contributed by atoms with E-state index in [1.807, 2.05) is 32.0 Å². The predicted molar refractivity (Wildman–Crippen MR) is 154 cm³/mol. The Labute approximate surface area is 234 Å². The highest BCUT2D eigenvalue weighted by molar-refractivity contribution is 5.90. The zero-order valence-electron chi connectivity index (χ0n) is 25.2. The minimum atomic E-state index is -0.877. The van der Waals surface area contributed by atoms with E-state index in [4.69, 9.17) is 25.7 Å². The van der Waals surface area contributed by atoms with E-state index in [1.54, 1.807) is 28.1 Å². The van der Waals surface area contributed by atoms with Crippen molar-refractivity contribution in [3.63, 3.8) is 0 Å². The van der Waals surface area contributed by atoms with E-state index in [0.717, 1.165) is 18.4 Å². The smallest absolute Gasteiger partial charge is 0.224 e. The first-order valence-electron chi connectivity index (χ1n) is 13.9. The van der Waals surface area contributed by atoms with Crippen molar-refractivity contribution >= 4 is 17.6 Å². The lowest BCUT2D eigenvalue weighted by Gasteiger charge is -2.27. The lowest BCUT2D eigenvalue weighted by molar-refractivity contribution is -0.132. The average molecular weight is 550 g/mol. The summed E-state index contributed by atoms with van der Waals surface area (Å²) >= 11 is 0. The molecule has 0 aromatic heterocycles. The molecule has 9 nitrogen and oxygen atoms in total. The molecule has 0 radical (unpaired) electrons. The summed E-state index contributed by atoms with van der Waals surface area (Å²) in [5.74, 6) is 0.282. The van der Waals surface area contributed by atoms with Crippen LogP contribution in [0.15, 0.2) is 18.2 Å². The SMILES string of the molecule is COCCCOc1cc(CC(C[C@H](N)C(=O)C[C@H](C(=O)NCC(C)(C)C(N)=O)C(C)C)C(C)C)ccc1OC. The van der Waals surface area contributed by atoms with Crippen LogP contribution in [0.4, 0.5) is 0 Å². The van der Waals surface area contributed by atoms with Crippen molar-refractivity contribution in [2.24, 2.45) is 40.6 Å². The Kier molecular flexibility index (Phi) is 14.5. The van der Waals surface area contributed by atoms with Crippen LogP contribution >= 0.6 is 0 Å².